The summed E-state index contributed by atoms with van der Waals surface area (Å²) in [5.74, 6) is -0.320. The molecule has 2 aromatic carbocycles. The number of rotatable bonds is 13. The zero-order valence-corrected chi connectivity index (χ0v) is 36.8. The molecule has 4 rings (SSSR count). The number of esters is 2. The highest BCUT2D eigenvalue weighted by Gasteiger charge is 2.28. The first kappa shape index (κ1) is 47.0. The highest BCUT2D eigenvalue weighted by Crippen LogP contribution is 2.32. The first-order valence-corrected chi connectivity index (χ1v) is 19.3. The number of hydrogen-bond donors (Lipinski definition) is 0. The van der Waals surface area contributed by atoms with Crippen LogP contribution in [0.4, 0.5) is 0 Å². The molecule has 0 bridgehead atoms. The molecular weight excluding hydrogens is 745 g/mol. The quantitative estimate of drug-likeness (QED) is 0.0420. The minimum Gasteiger partial charge on any atom is -0.454 e. The Labute approximate surface area is 349 Å². The normalized spacial score (nSPS) is 12.4. The van der Waals surface area contributed by atoms with Crippen molar-refractivity contribution in [3.8, 4) is 12.1 Å². The topological polar surface area (TPSA) is 154 Å². The van der Waals surface area contributed by atoms with Crippen molar-refractivity contribution in [3.05, 3.63) is 118 Å². The summed E-state index contributed by atoms with van der Waals surface area (Å²) in [6, 6.07) is 23.8. The van der Waals surface area contributed by atoms with Crippen LogP contribution in [-0.2, 0) is 53.5 Å². The molecule has 12 nitrogen and oxygen atoms in total. The van der Waals surface area contributed by atoms with E-state index in [0.29, 0.717) is 46.0 Å². The van der Waals surface area contributed by atoms with Crippen LogP contribution in [0.1, 0.15) is 114 Å². The van der Waals surface area contributed by atoms with E-state index in [0.717, 1.165) is 28.6 Å². The van der Waals surface area contributed by atoms with Gasteiger partial charge in [0.1, 0.15) is 34.7 Å². The lowest BCUT2D eigenvalue weighted by Gasteiger charge is -2.21. The predicted octanol–water partition coefficient (Wildman–Crippen LogP) is 9.49. The van der Waals surface area contributed by atoms with Gasteiger partial charge in [-0.3, -0.25) is 14.2 Å². The molecule has 0 saturated carbocycles. The number of hydrogen-bond acceptors (Lipinski definition) is 10. The first-order chi connectivity index (χ1) is 27.6. The third kappa shape index (κ3) is 12.5. The number of nitriles is 2. The average Bonchev–Trinajstić information content (AvgIpc) is 3.70. The van der Waals surface area contributed by atoms with Gasteiger partial charge in [-0.25, -0.2) is 4.79 Å². The molecule has 0 aliphatic rings. The average molecular weight is 803 g/mol. The van der Waals surface area contributed by atoms with E-state index in [4.69, 9.17) is 18.9 Å². The molecule has 0 saturated heterocycles. The smallest absolute Gasteiger partial charge is 0.333 e. The van der Waals surface area contributed by atoms with Crippen molar-refractivity contribution in [2.75, 3.05) is 13.6 Å². The third-order valence-electron chi connectivity index (χ3n) is 9.63. The van der Waals surface area contributed by atoms with E-state index >= 15 is 0 Å². The van der Waals surface area contributed by atoms with Crippen molar-refractivity contribution >= 4 is 34.6 Å². The fraction of sp³-hybridized carbons (Fsp3) is 0.404. The van der Waals surface area contributed by atoms with Crippen molar-refractivity contribution in [1.29, 1.82) is 10.5 Å². The molecule has 2 heterocycles. The standard InChI is InChI=1S/C25H33N3O3.C22H25N3O3/c1-9-25(6,7)23(29)31-16-30-22(21-14-17(2)27-28(21)8)20(15-26)18-10-12-19(13-11-18)24(3,4)5;1-7-20(26)27-14-28-21(19-12-15(2)24-25(19)6)18(13-23)16-8-10-17(11-9-16)22(3,4)5/h10-14H,9,16H2,1-8H3;7-12H,1,14H2,2-6H3/b22-20-;21-18-. The van der Waals surface area contributed by atoms with Gasteiger partial charge in [0.05, 0.1) is 16.8 Å². The van der Waals surface area contributed by atoms with Crippen molar-refractivity contribution in [2.24, 2.45) is 19.5 Å². The Kier molecular flexibility index (Phi) is 15.8. The summed E-state index contributed by atoms with van der Waals surface area (Å²) in [5.41, 5.74) is 6.69. The van der Waals surface area contributed by atoms with Crippen LogP contribution in [0.3, 0.4) is 0 Å². The zero-order chi connectivity index (χ0) is 44.3. The Morgan fingerprint density at radius 2 is 1.05 bits per heavy atom. The maximum absolute atomic E-state index is 12.3. The van der Waals surface area contributed by atoms with Crippen LogP contribution in [-0.4, -0.2) is 45.1 Å². The van der Waals surface area contributed by atoms with E-state index in [1.165, 1.54) is 5.56 Å². The van der Waals surface area contributed by atoms with Crippen LogP contribution in [0.25, 0.3) is 22.7 Å². The summed E-state index contributed by atoms with van der Waals surface area (Å²) in [6.45, 7) is 24.8. The Hall–Kier alpha value is -6.40. The van der Waals surface area contributed by atoms with Crippen molar-refractivity contribution in [3.63, 3.8) is 0 Å². The highest BCUT2D eigenvalue weighted by molar-refractivity contribution is 5.95. The van der Waals surface area contributed by atoms with E-state index in [1.807, 2.05) is 95.3 Å². The first-order valence-electron chi connectivity index (χ1n) is 19.3. The van der Waals surface area contributed by atoms with Crippen LogP contribution in [0.5, 0.6) is 0 Å². The van der Waals surface area contributed by atoms with Crippen molar-refractivity contribution in [2.45, 2.75) is 93.4 Å². The molecule has 0 atom stereocenters. The minimum atomic E-state index is -0.603. The second-order valence-corrected chi connectivity index (χ2v) is 16.7. The zero-order valence-electron chi connectivity index (χ0n) is 36.8. The van der Waals surface area contributed by atoms with Crippen LogP contribution in [0.2, 0.25) is 0 Å². The number of allylic oxidation sites excluding steroid dienone is 2. The van der Waals surface area contributed by atoms with Gasteiger partial charge in [-0.1, -0.05) is 104 Å². The maximum atomic E-state index is 12.3. The van der Waals surface area contributed by atoms with Crippen LogP contribution < -0.4 is 0 Å². The largest absolute Gasteiger partial charge is 0.454 e. The van der Waals surface area contributed by atoms with Gasteiger partial charge in [-0.15, -0.1) is 0 Å². The van der Waals surface area contributed by atoms with Gasteiger partial charge in [-0.2, -0.15) is 20.7 Å². The summed E-state index contributed by atoms with van der Waals surface area (Å²) in [4.78, 5) is 23.6. The molecular formula is C47H58N6O6. The van der Waals surface area contributed by atoms with Crippen molar-refractivity contribution in [1.82, 2.24) is 19.6 Å². The van der Waals surface area contributed by atoms with Crippen LogP contribution >= 0.6 is 0 Å². The third-order valence-corrected chi connectivity index (χ3v) is 9.63. The fourth-order valence-electron chi connectivity index (χ4n) is 5.65. The number of aromatic nitrogens is 4. The lowest BCUT2D eigenvalue weighted by molar-refractivity contribution is -0.162. The molecule has 0 radical (unpaired) electrons. The van der Waals surface area contributed by atoms with E-state index in [2.05, 4.69) is 70.5 Å². The molecule has 59 heavy (non-hydrogen) atoms. The second kappa shape index (κ2) is 19.8. The van der Waals surface area contributed by atoms with Gasteiger partial charge in [-0.05, 0) is 79.3 Å². The number of benzene rings is 2. The summed E-state index contributed by atoms with van der Waals surface area (Å²) in [6.07, 6.45) is 1.70. The molecule has 0 aliphatic heterocycles. The number of nitrogens with zero attached hydrogens (tertiary/aromatic N) is 6. The van der Waals surface area contributed by atoms with Gasteiger partial charge in [0.2, 0.25) is 13.6 Å². The summed E-state index contributed by atoms with van der Waals surface area (Å²) < 4.78 is 25.2. The molecule has 312 valence electrons. The molecule has 0 amide bonds. The van der Waals surface area contributed by atoms with Gasteiger partial charge in [0.15, 0.2) is 11.5 Å². The van der Waals surface area contributed by atoms with E-state index < -0.39 is 11.4 Å². The van der Waals surface area contributed by atoms with Gasteiger partial charge in [0, 0.05) is 20.2 Å². The molecule has 0 aliphatic carbocycles. The summed E-state index contributed by atoms with van der Waals surface area (Å²) >= 11 is 0. The molecule has 0 spiro atoms. The minimum absolute atomic E-state index is 0.00637. The Bertz CT molecular complexity index is 2260. The number of carbonyl (C=O) groups is 2. The molecule has 12 heteroatoms. The van der Waals surface area contributed by atoms with Gasteiger partial charge >= 0.3 is 11.9 Å². The fourth-order valence-corrected chi connectivity index (χ4v) is 5.65. The number of aryl methyl sites for hydroxylation is 4. The van der Waals surface area contributed by atoms with Crippen LogP contribution in [0, 0.1) is 41.9 Å². The Morgan fingerprint density at radius 1 is 0.678 bits per heavy atom. The predicted molar refractivity (Wildman–Crippen MR) is 229 cm³/mol. The number of ether oxygens (including phenoxy) is 4. The van der Waals surface area contributed by atoms with Gasteiger partial charge < -0.3 is 18.9 Å². The second-order valence-electron chi connectivity index (χ2n) is 16.7. The van der Waals surface area contributed by atoms with Crippen LogP contribution in [0.15, 0.2) is 73.3 Å². The van der Waals surface area contributed by atoms with E-state index in [-0.39, 0.29) is 30.4 Å². The maximum Gasteiger partial charge on any atom is 0.333 e. The van der Waals surface area contributed by atoms with E-state index in [9.17, 15) is 20.1 Å². The molecule has 2 aromatic heterocycles. The number of carbonyl (C=O) groups excluding carboxylic acids is 2. The summed E-state index contributed by atoms with van der Waals surface area (Å²) in [5, 5.41) is 28.5. The van der Waals surface area contributed by atoms with Crippen molar-refractivity contribution < 1.29 is 28.5 Å². The SMILES string of the molecule is C=CC(=O)OCO/C(=C(/C#N)c1ccc(C(C)(C)C)cc1)c1cc(C)nn1C.CCC(C)(C)C(=O)OCO/C(=C(/C#N)c1ccc(C(C)(C)C)cc1)c1cc(C)nn1C. The van der Waals surface area contributed by atoms with Gasteiger partial charge in [0.25, 0.3) is 0 Å². The molecule has 0 fully saturated rings. The Morgan fingerprint density at radius 3 is 1.34 bits per heavy atom. The lowest BCUT2D eigenvalue weighted by Crippen LogP contribution is -2.26. The Balaban J connectivity index is 0.000000317. The van der Waals surface area contributed by atoms with E-state index in [1.54, 1.807) is 23.5 Å². The summed E-state index contributed by atoms with van der Waals surface area (Å²) in [7, 11) is 3.55. The molecule has 4 aromatic rings. The molecule has 0 N–H and O–H groups in total. The monoisotopic (exact) mass is 802 g/mol. The molecule has 0 unspecified atom stereocenters. The lowest BCUT2D eigenvalue weighted by atomic mass is 9.86. The highest BCUT2D eigenvalue weighted by atomic mass is 16.7.